The quantitative estimate of drug-likeness (QED) is 0.730. The molecule has 0 saturated carbocycles. The minimum atomic E-state index is -3.54. The molecule has 2 unspecified atom stereocenters. The molecule has 0 heterocycles. The van der Waals surface area contributed by atoms with Crippen molar-refractivity contribution in [1.82, 2.24) is 4.72 Å². The van der Waals surface area contributed by atoms with Gasteiger partial charge < -0.3 is 5.11 Å². The van der Waals surface area contributed by atoms with Crippen LogP contribution in [0.1, 0.15) is 40.0 Å². The number of sulfonamides is 1. The zero-order valence-electron chi connectivity index (χ0n) is 12.7. The van der Waals surface area contributed by atoms with E-state index in [-0.39, 0.29) is 10.9 Å². The molecule has 0 aliphatic carbocycles. The fourth-order valence-corrected chi connectivity index (χ4v) is 3.65. The van der Waals surface area contributed by atoms with Crippen molar-refractivity contribution in [3.63, 3.8) is 0 Å². The second-order valence-corrected chi connectivity index (χ2v) is 8.24. The van der Waals surface area contributed by atoms with Gasteiger partial charge in [0, 0.05) is 10.5 Å². The van der Waals surface area contributed by atoms with Crippen molar-refractivity contribution in [2.75, 3.05) is 0 Å². The number of aliphatic hydroxyl groups is 1. The van der Waals surface area contributed by atoms with E-state index in [4.69, 9.17) is 0 Å². The Labute approximate surface area is 136 Å². The molecule has 0 aliphatic heterocycles. The van der Waals surface area contributed by atoms with Gasteiger partial charge in [-0.2, -0.15) is 0 Å². The van der Waals surface area contributed by atoms with E-state index in [1.807, 2.05) is 0 Å². The minimum Gasteiger partial charge on any atom is -0.393 e. The minimum absolute atomic E-state index is 0.231. The third kappa shape index (κ3) is 6.46. The van der Waals surface area contributed by atoms with Crippen LogP contribution in [0.2, 0.25) is 0 Å². The highest BCUT2D eigenvalue weighted by Crippen LogP contribution is 2.17. The maximum absolute atomic E-state index is 12.2. The second kappa shape index (κ2) is 8.27. The summed E-state index contributed by atoms with van der Waals surface area (Å²) >= 11 is 3.28. The monoisotopic (exact) mass is 377 g/mol. The summed E-state index contributed by atoms with van der Waals surface area (Å²) in [6.45, 7) is 5.94. The summed E-state index contributed by atoms with van der Waals surface area (Å²) in [4.78, 5) is 0.231. The van der Waals surface area contributed by atoms with Crippen LogP contribution in [0, 0.1) is 5.92 Å². The van der Waals surface area contributed by atoms with E-state index < -0.39 is 16.1 Å². The van der Waals surface area contributed by atoms with E-state index in [1.165, 1.54) is 0 Å². The highest BCUT2D eigenvalue weighted by molar-refractivity contribution is 9.10. The summed E-state index contributed by atoms with van der Waals surface area (Å²) in [5, 5.41) is 9.98. The SMILES string of the molecule is CC[C@H](C)CC(O)CC(C)NS(=O)(=O)c1ccc(Br)cc1. The molecule has 1 aromatic carbocycles. The van der Waals surface area contributed by atoms with Crippen LogP contribution in [0.5, 0.6) is 0 Å². The molecule has 1 rings (SSSR count). The highest BCUT2D eigenvalue weighted by atomic mass is 79.9. The summed E-state index contributed by atoms with van der Waals surface area (Å²) in [7, 11) is -3.54. The maximum atomic E-state index is 12.2. The molecule has 4 nitrogen and oxygen atoms in total. The van der Waals surface area contributed by atoms with Gasteiger partial charge in [-0.15, -0.1) is 0 Å². The molecule has 0 aliphatic rings. The molecule has 0 bridgehead atoms. The molecule has 120 valence electrons. The average molecular weight is 378 g/mol. The van der Waals surface area contributed by atoms with Gasteiger partial charge in [0.25, 0.3) is 0 Å². The smallest absolute Gasteiger partial charge is 0.240 e. The van der Waals surface area contributed by atoms with Crippen LogP contribution in [0.15, 0.2) is 33.6 Å². The standard InChI is InChI=1S/C15H24BrNO3S/c1-4-11(2)9-14(18)10-12(3)17-21(19,20)15-7-5-13(16)6-8-15/h5-8,11-12,14,17-18H,4,9-10H2,1-3H3/t11-,12?,14?/m0/s1. The van der Waals surface area contributed by atoms with E-state index in [2.05, 4.69) is 34.5 Å². The van der Waals surface area contributed by atoms with Crippen molar-refractivity contribution >= 4 is 26.0 Å². The highest BCUT2D eigenvalue weighted by Gasteiger charge is 2.20. The number of aliphatic hydroxyl groups excluding tert-OH is 1. The summed E-state index contributed by atoms with van der Waals surface area (Å²) < 4.78 is 27.9. The lowest BCUT2D eigenvalue weighted by atomic mass is 9.98. The van der Waals surface area contributed by atoms with Crippen LogP contribution in [0.3, 0.4) is 0 Å². The third-order valence-corrected chi connectivity index (χ3v) is 5.61. The van der Waals surface area contributed by atoms with Gasteiger partial charge in [-0.3, -0.25) is 0 Å². The maximum Gasteiger partial charge on any atom is 0.240 e. The van der Waals surface area contributed by atoms with Crippen LogP contribution in [-0.2, 0) is 10.0 Å². The lowest BCUT2D eigenvalue weighted by molar-refractivity contribution is 0.127. The number of rotatable bonds is 8. The first-order valence-corrected chi connectivity index (χ1v) is 9.48. The fourth-order valence-electron chi connectivity index (χ4n) is 2.13. The van der Waals surface area contributed by atoms with Gasteiger partial charge in [0.05, 0.1) is 11.0 Å². The molecule has 2 N–H and O–H groups in total. The second-order valence-electron chi connectivity index (χ2n) is 5.61. The van der Waals surface area contributed by atoms with E-state index in [1.54, 1.807) is 31.2 Å². The Morgan fingerprint density at radius 3 is 2.29 bits per heavy atom. The number of hydrogen-bond donors (Lipinski definition) is 2. The van der Waals surface area contributed by atoms with Gasteiger partial charge in [-0.25, -0.2) is 13.1 Å². The first-order chi connectivity index (χ1) is 9.74. The predicted molar refractivity (Wildman–Crippen MR) is 88.6 cm³/mol. The summed E-state index contributed by atoms with van der Waals surface area (Å²) in [6.07, 6.45) is 1.64. The van der Waals surface area contributed by atoms with Gasteiger partial charge in [0.1, 0.15) is 0 Å². The number of benzene rings is 1. The zero-order valence-corrected chi connectivity index (χ0v) is 15.1. The molecule has 21 heavy (non-hydrogen) atoms. The van der Waals surface area contributed by atoms with Crippen molar-refractivity contribution < 1.29 is 13.5 Å². The molecule has 1 aromatic rings. The summed E-state index contributed by atoms with van der Waals surface area (Å²) in [5.41, 5.74) is 0. The average Bonchev–Trinajstić information content (AvgIpc) is 2.37. The van der Waals surface area contributed by atoms with Crippen LogP contribution in [0.25, 0.3) is 0 Å². The van der Waals surface area contributed by atoms with Crippen LogP contribution < -0.4 is 4.72 Å². The first-order valence-electron chi connectivity index (χ1n) is 7.20. The number of hydrogen-bond acceptors (Lipinski definition) is 3. The largest absolute Gasteiger partial charge is 0.393 e. The summed E-state index contributed by atoms with van der Waals surface area (Å²) in [6, 6.07) is 6.18. The number of nitrogens with one attached hydrogen (secondary N) is 1. The molecule has 0 spiro atoms. The van der Waals surface area contributed by atoms with E-state index >= 15 is 0 Å². The Bertz CT molecular complexity index is 530. The van der Waals surface area contributed by atoms with Crippen molar-refractivity contribution in [2.24, 2.45) is 5.92 Å². The fraction of sp³-hybridized carbons (Fsp3) is 0.600. The van der Waals surface area contributed by atoms with Gasteiger partial charge in [0.2, 0.25) is 10.0 Å². The van der Waals surface area contributed by atoms with Gasteiger partial charge in [0.15, 0.2) is 0 Å². The van der Waals surface area contributed by atoms with Crippen LogP contribution in [0.4, 0.5) is 0 Å². The molecule has 0 aromatic heterocycles. The number of halogens is 1. The van der Waals surface area contributed by atoms with Crippen LogP contribution in [-0.4, -0.2) is 25.7 Å². The predicted octanol–water partition coefficient (Wildman–Crippen LogP) is 3.30. The normalized spacial score (nSPS) is 16.4. The van der Waals surface area contributed by atoms with Gasteiger partial charge >= 0.3 is 0 Å². The molecule has 3 atom stereocenters. The van der Waals surface area contributed by atoms with E-state index in [9.17, 15) is 13.5 Å². The Morgan fingerprint density at radius 1 is 1.19 bits per heavy atom. The Kier molecular flexibility index (Phi) is 7.33. The van der Waals surface area contributed by atoms with E-state index in [0.29, 0.717) is 18.8 Å². The van der Waals surface area contributed by atoms with Gasteiger partial charge in [-0.1, -0.05) is 36.2 Å². The molecular formula is C15H24BrNO3S. The molecule has 0 radical (unpaired) electrons. The first kappa shape index (κ1) is 18.6. The lowest BCUT2D eigenvalue weighted by Gasteiger charge is -2.20. The van der Waals surface area contributed by atoms with Crippen molar-refractivity contribution in [2.45, 2.75) is 57.1 Å². The Hall–Kier alpha value is -0.430. The molecule has 0 amide bonds. The van der Waals surface area contributed by atoms with Gasteiger partial charge in [-0.05, 0) is 49.9 Å². The molecule has 0 fully saturated rings. The van der Waals surface area contributed by atoms with Crippen molar-refractivity contribution in [1.29, 1.82) is 0 Å². The molecule has 0 saturated heterocycles. The molecule has 6 heteroatoms. The molecular weight excluding hydrogens is 354 g/mol. The van der Waals surface area contributed by atoms with Crippen molar-refractivity contribution in [3.8, 4) is 0 Å². The van der Waals surface area contributed by atoms with E-state index in [0.717, 1.165) is 10.9 Å². The third-order valence-electron chi connectivity index (χ3n) is 3.48. The Balaban J connectivity index is 2.60. The Morgan fingerprint density at radius 2 is 1.76 bits per heavy atom. The zero-order chi connectivity index (χ0) is 16.0. The lowest BCUT2D eigenvalue weighted by Crippen LogP contribution is -2.35. The van der Waals surface area contributed by atoms with Crippen molar-refractivity contribution in [3.05, 3.63) is 28.7 Å². The van der Waals surface area contributed by atoms with Crippen LogP contribution >= 0.6 is 15.9 Å². The topological polar surface area (TPSA) is 66.4 Å². The summed E-state index contributed by atoms with van der Waals surface area (Å²) in [5.74, 6) is 0.440.